The first-order valence-electron chi connectivity index (χ1n) is 12.0. The van der Waals surface area contributed by atoms with E-state index >= 15 is 0 Å². The molecule has 2 rings (SSSR count). The second-order valence-electron chi connectivity index (χ2n) is 11.5. The van der Waals surface area contributed by atoms with Gasteiger partial charge >= 0.3 is 0 Å². The van der Waals surface area contributed by atoms with E-state index in [9.17, 15) is 0 Å². The number of nitrogens with zero attached hydrogens (tertiary/aromatic N) is 1. The van der Waals surface area contributed by atoms with Crippen LogP contribution in [0.1, 0.15) is 39.5 Å². The van der Waals surface area contributed by atoms with E-state index in [1.165, 1.54) is 0 Å². The smallest absolute Gasteiger partial charge is 0.193 e. The Morgan fingerprint density at radius 1 is 1.03 bits per heavy atom. The first-order valence-corrected chi connectivity index (χ1v) is 19.7. The number of halogens is 1. The van der Waals surface area contributed by atoms with Crippen molar-refractivity contribution in [1.29, 1.82) is 0 Å². The van der Waals surface area contributed by atoms with Crippen molar-refractivity contribution in [2.45, 2.75) is 84.3 Å². The summed E-state index contributed by atoms with van der Waals surface area (Å²) in [4.78, 5) is 0. The fourth-order valence-electron chi connectivity index (χ4n) is 3.46. The first kappa shape index (κ1) is 29.4. The third-order valence-corrected chi connectivity index (χ3v) is 13.9. The molecule has 1 heterocycles. The van der Waals surface area contributed by atoms with E-state index in [2.05, 4.69) is 112 Å². The lowest BCUT2D eigenvalue weighted by molar-refractivity contribution is 0.0834. The molecule has 0 bridgehead atoms. The second-order valence-corrected chi connectivity index (χ2v) is 23.0. The maximum atomic E-state index is 6.97. The lowest BCUT2D eigenvalue weighted by Gasteiger charge is -2.39. The summed E-state index contributed by atoms with van der Waals surface area (Å²) in [5.41, 5.74) is 2.19. The van der Waals surface area contributed by atoms with Crippen LogP contribution in [0.5, 0.6) is 11.5 Å². The molecule has 0 amide bonds. The molecule has 0 fully saturated rings. The summed E-state index contributed by atoms with van der Waals surface area (Å²) in [5.74, 6) is 1.44. The van der Waals surface area contributed by atoms with Crippen LogP contribution >= 0.6 is 22.6 Å². The summed E-state index contributed by atoms with van der Waals surface area (Å²) in [6.45, 7) is 21.9. The monoisotopic (exact) mass is 617 g/mol. The average Bonchev–Trinajstić information content (AvgIpc) is 2.99. The van der Waals surface area contributed by atoms with Crippen molar-refractivity contribution in [2.24, 2.45) is 0 Å². The molecule has 0 aliphatic rings. The van der Waals surface area contributed by atoms with Gasteiger partial charge in [-0.25, -0.2) is 0 Å². The van der Waals surface area contributed by atoms with Gasteiger partial charge in [-0.05, 0) is 59.8 Å². The summed E-state index contributed by atoms with van der Waals surface area (Å²) in [7, 11) is 0.146. The van der Waals surface area contributed by atoms with Gasteiger partial charge in [0.15, 0.2) is 19.8 Å². The lowest BCUT2D eigenvalue weighted by Crippen LogP contribution is -2.42. The van der Waals surface area contributed by atoms with Crippen molar-refractivity contribution >= 4 is 49.9 Å². The highest BCUT2D eigenvalue weighted by molar-refractivity contribution is 14.1. The van der Waals surface area contributed by atoms with Crippen LogP contribution in [0, 0.1) is 3.57 Å². The van der Waals surface area contributed by atoms with Crippen LogP contribution in [0.3, 0.4) is 0 Å². The van der Waals surface area contributed by atoms with Crippen LogP contribution in [0.4, 0.5) is 0 Å². The van der Waals surface area contributed by atoms with Crippen molar-refractivity contribution in [3.63, 3.8) is 0 Å². The Balaban J connectivity index is 2.66. The van der Waals surface area contributed by atoms with Gasteiger partial charge in [0.2, 0.25) is 0 Å². The largest absolute Gasteiger partial charge is 0.493 e. The molecule has 1 atom stereocenters. The van der Waals surface area contributed by atoms with E-state index in [4.69, 9.17) is 18.6 Å². The quantitative estimate of drug-likeness (QED) is 0.110. The molecule has 0 spiro atoms. The molecule has 34 heavy (non-hydrogen) atoms. The summed E-state index contributed by atoms with van der Waals surface area (Å²) in [6.07, 6.45) is 4.09. The van der Waals surface area contributed by atoms with Gasteiger partial charge in [0.05, 0.1) is 25.4 Å². The van der Waals surface area contributed by atoms with Crippen LogP contribution in [-0.2, 0) is 15.9 Å². The maximum absolute atomic E-state index is 6.97. The van der Waals surface area contributed by atoms with Gasteiger partial charge in [0, 0.05) is 29.7 Å². The standard InChI is InChI=1S/C26H44INO4Si2/c1-12-13-21(32-34(10,11)26(2,3)4)25-24(27)19-16-22(29-5)23(30-6)17-20(19)28(25)18-31-14-15-33(7,8)9/h12-13,16-17,21H,14-15,18H2,1-11H3/b13-12+. The number of fused-ring (bicyclic) bond motifs is 1. The number of allylic oxidation sites excluding steroid dienone is 1. The fourth-order valence-corrected chi connectivity index (χ4v) is 6.43. The van der Waals surface area contributed by atoms with Gasteiger partial charge in [0.25, 0.3) is 0 Å². The molecule has 1 unspecified atom stereocenters. The third kappa shape index (κ3) is 6.90. The molecule has 192 valence electrons. The van der Waals surface area contributed by atoms with Crippen molar-refractivity contribution < 1.29 is 18.6 Å². The molecular formula is C26H44INO4Si2. The van der Waals surface area contributed by atoms with Crippen molar-refractivity contribution in [1.82, 2.24) is 4.57 Å². The van der Waals surface area contributed by atoms with E-state index in [1.807, 2.05) is 0 Å². The topological polar surface area (TPSA) is 41.9 Å². The van der Waals surface area contributed by atoms with Crippen LogP contribution < -0.4 is 9.47 Å². The van der Waals surface area contributed by atoms with Gasteiger partial charge in [-0.15, -0.1) is 0 Å². The SMILES string of the molecule is C/C=C/C(O[Si](C)(C)C(C)(C)C)c1c(I)c2cc(OC)c(OC)cc2n1COCC[Si](C)(C)C. The van der Waals surface area contributed by atoms with Crippen molar-refractivity contribution in [2.75, 3.05) is 20.8 Å². The van der Waals surface area contributed by atoms with Crippen molar-refractivity contribution in [3.05, 3.63) is 33.5 Å². The van der Waals surface area contributed by atoms with Gasteiger partial charge in [0.1, 0.15) is 12.8 Å². The number of hydrogen-bond acceptors (Lipinski definition) is 4. The van der Waals surface area contributed by atoms with Gasteiger partial charge in [-0.3, -0.25) is 0 Å². The molecule has 0 aliphatic carbocycles. The molecule has 0 saturated heterocycles. The van der Waals surface area contributed by atoms with E-state index in [1.54, 1.807) is 14.2 Å². The van der Waals surface area contributed by atoms with Crippen LogP contribution in [0.15, 0.2) is 24.3 Å². The molecule has 1 aromatic carbocycles. The zero-order valence-corrected chi connectivity index (χ0v) is 27.1. The van der Waals surface area contributed by atoms with Gasteiger partial charge < -0.3 is 23.2 Å². The van der Waals surface area contributed by atoms with Crippen molar-refractivity contribution in [3.8, 4) is 11.5 Å². The van der Waals surface area contributed by atoms with Gasteiger partial charge in [-0.2, -0.15) is 0 Å². The van der Waals surface area contributed by atoms with E-state index in [-0.39, 0.29) is 11.1 Å². The third-order valence-electron chi connectivity index (χ3n) is 6.63. The van der Waals surface area contributed by atoms with Crippen LogP contribution in [-0.4, -0.2) is 41.8 Å². The summed E-state index contributed by atoms with van der Waals surface area (Å²) < 4.78 is 27.9. The zero-order chi connectivity index (χ0) is 25.9. The lowest BCUT2D eigenvalue weighted by atomic mass is 10.2. The average molecular weight is 618 g/mol. The Morgan fingerprint density at radius 2 is 1.62 bits per heavy atom. The Kier molecular flexibility index (Phi) is 9.94. The number of rotatable bonds is 11. The Bertz CT molecular complexity index is 1000. The van der Waals surface area contributed by atoms with E-state index in [0.29, 0.717) is 12.5 Å². The summed E-state index contributed by atoms with van der Waals surface area (Å²) in [6, 6.07) is 5.26. The predicted molar refractivity (Wildman–Crippen MR) is 158 cm³/mol. The second kappa shape index (κ2) is 11.5. The maximum Gasteiger partial charge on any atom is 0.193 e. The molecule has 5 nitrogen and oxygen atoms in total. The number of aromatic nitrogens is 1. The minimum atomic E-state index is -2.03. The molecule has 1 aromatic heterocycles. The minimum Gasteiger partial charge on any atom is -0.493 e. The van der Waals surface area contributed by atoms with Crippen LogP contribution in [0.2, 0.25) is 43.8 Å². The minimum absolute atomic E-state index is 0.107. The van der Waals surface area contributed by atoms with E-state index in [0.717, 1.165) is 38.6 Å². The molecule has 0 saturated carbocycles. The molecule has 0 aliphatic heterocycles. The summed E-state index contributed by atoms with van der Waals surface area (Å²) in [5, 5.41) is 1.23. The zero-order valence-electron chi connectivity index (χ0n) is 23.0. The molecule has 2 aromatic rings. The number of ether oxygens (including phenoxy) is 3. The summed E-state index contributed by atoms with van der Waals surface area (Å²) >= 11 is 2.45. The Morgan fingerprint density at radius 3 is 2.12 bits per heavy atom. The molecule has 0 N–H and O–H groups in total. The number of benzene rings is 1. The van der Waals surface area contributed by atoms with Gasteiger partial charge in [-0.1, -0.05) is 52.6 Å². The molecular weight excluding hydrogens is 573 g/mol. The fraction of sp³-hybridized carbons (Fsp3) is 0.615. The highest BCUT2D eigenvalue weighted by Gasteiger charge is 2.40. The number of methoxy groups -OCH3 is 2. The molecule has 0 radical (unpaired) electrons. The van der Waals surface area contributed by atoms with E-state index < -0.39 is 16.4 Å². The number of hydrogen-bond donors (Lipinski definition) is 0. The highest BCUT2D eigenvalue weighted by Crippen LogP contribution is 2.44. The first-order chi connectivity index (χ1) is 15.7. The predicted octanol–water partition coefficient (Wildman–Crippen LogP) is 8.21. The Hall–Kier alpha value is -0.816. The highest BCUT2D eigenvalue weighted by atomic mass is 127. The Labute approximate surface area is 222 Å². The van der Waals surface area contributed by atoms with Crippen LogP contribution in [0.25, 0.3) is 10.9 Å². The molecule has 8 heteroatoms. The normalized spacial score (nSPS) is 14.2.